The zero-order chi connectivity index (χ0) is 14.7. The Morgan fingerprint density at radius 3 is 2.37 bits per heavy atom. The summed E-state index contributed by atoms with van der Waals surface area (Å²) >= 11 is 0. The van der Waals surface area contributed by atoms with E-state index in [4.69, 9.17) is 4.74 Å². The third-order valence-corrected chi connectivity index (χ3v) is 2.23. The molecule has 1 amide bonds. The van der Waals surface area contributed by atoms with Crippen molar-refractivity contribution in [1.82, 2.24) is 5.32 Å². The van der Waals surface area contributed by atoms with Crippen LogP contribution in [0.25, 0.3) is 0 Å². The maximum absolute atomic E-state index is 12.8. The lowest BCUT2D eigenvalue weighted by atomic mass is 9.77. The van der Waals surface area contributed by atoms with E-state index in [-0.39, 0.29) is 12.1 Å². The number of amides is 1. The molecule has 7 heteroatoms. The van der Waals surface area contributed by atoms with Crippen molar-refractivity contribution in [3.8, 4) is 0 Å². The number of nitrogens with one attached hydrogen (secondary N) is 1. The number of halogens is 3. The average Bonchev–Trinajstić information content (AvgIpc) is 2.23. The van der Waals surface area contributed by atoms with Gasteiger partial charge in [-0.15, -0.1) is 5.46 Å². The average molecular weight is 274 g/mol. The van der Waals surface area contributed by atoms with Gasteiger partial charge in [-0.1, -0.05) is 29.8 Å². The molecular weight excluding hydrogens is 258 g/mol. The lowest BCUT2D eigenvalue weighted by molar-refractivity contribution is 0.0523. The first kappa shape index (κ1) is 15.4. The lowest BCUT2D eigenvalue weighted by Crippen LogP contribution is -2.39. The van der Waals surface area contributed by atoms with Gasteiger partial charge in [0.2, 0.25) is 0 Å². The van der Waals surface area contributed by atoms with Gasteiger partial charge in [0.25, 0.3) is 0 Å². The van der Waals surface area contributed by atoms with E-state index in [0.29, 0.717) is 0 Å². The van der Waals surface area contributed by atoms with E-state index in [2.05, 4.69) is 5.32 Å². The van der Waals surface area contributed by atoms with Crippen LogP contribution in [0, 0.1) is 0 Å². The summed E-state index contributed by atoms with van der Waals surface area (Å²) in [5, 5.41) is 2.32. The van der Waals surface area contributed by atoms with Crippen molar-refractivity contribution in [2.45, 2.75) is 32.9 Å². The van der Waals surface area contributed by atoms with Crippen molar-refractivity contribution in [2.24, 2.45) is 0 Å². The zero-order valence-electron chi connectivity index (χ0n) is 11.0. The van der Waals surface area contributed by atoms with Crippen LogP contribution in [0.3, 0.4) is 0 Å². The van der Waals surface area contributed by atoms with Gasteiger partial charge in [-0.05, 0) is 20.8 Å². The van der Waals surface area contributed by atoms with Gasteiger partial charge in [0, 0.05) is 6.54 Å². The molecule has 106 valence electrons. The molecule has 0 unspecified atom stereocenters. The van der Waals surface area contributed by atoms with E-state index in [1.807, 2.05) is 0 Å². The van der Waals surface area contributed by atoms with E-state index in [0.717, 1.165) is 6.07 Å². The Balaban J connectivity index is 2.71. The monoisotopic (exact) mass is 274 g/mol. The minimum absolute atomic E-state index is 0.0286. The van der Waals surface area contributed by atoms with Crippen LogP contribution < -0.4 is 10.8 Å². The predicted octanol–water partition coefficient (Wildman–Crippen LogP) is 2.77. The topological polar surface area (TPSA) is 38.3 Å². The molecule has 0 fully saturated rings. The maximum Gasteiger partial charge on any atom is 0.509 e. The Bertz CT molecular complexity index is 455. The van der Waals surface area contributed by atoms with Crippen LogP contribution in [0.2, 0.25) is 0 Å². The summed E-state index contributed by atoms with van der Waals surface area (Å²) in [5.74, 6) is 0. The van der Waals surface area contributed by atoms with Crippen LogP contribution in [-0.2, 0) is 11.3 Å². The molecule has 3 nitrogen and oxygen atoms in total. The van der Waals surface area contributed by atoms with E-state index < -0.39 is 24.1 Å². The van der Waals surface area contributed by atoms with Crippen molar-refractivity contribution < 1.29 is 22.5 Å². The van der Waals surface area contributed by atoms with Gasteiger partial charge in [0.15, 0.2) is 0 Å². The van der Waals surface area contributed by atoms with E-state index in [9.17, 15) is 17.7 Å². The van der Waals surface area contributed by atoms with Gasteiger partial charge in [0.1, 0.15) is 5.60 Å². The molecule has 1 N–H and O–H groups in total. The van der Waals surface area contributed by atoms with Crippen molar-refractivity contribution in [3.05, 3.63) is 29.8 Å². The van der Waals surface area contributed by atoms with Crippen LogP contribution >= 0.6 is 0 Å². The molecule has 1 aromatic carbocycles. The fourth-order valence-corrected chi connectivity index (χ4v) is 1.50. The molecule has 0 aliphatic heterocycles. The molecular formula is C12H16BF3NO2-. The Kier molecular flexibility index (Phi) is 4.50. The number of benzene rings is 1. The molecule has 0 spiro atoms. The lowest BCUT2D eigenvalue weighted by Gasteiger charge is -2.22. The SMILES string of the molecule is CC(C)(C)OC(=O)NCc1ccccc1[B-](F)(F)F. The van der Waals surface area contributed by atoms with E-state index in [1.54, 1.807) is 20.8 Å². The Morgan fingerprint density at radius 2 is 1.84 bits per heavy atom. The second-order valence-corrected chi connectivity index (χ2v) is 5.13. The molecule has 1 aromatic rings. The van der Waals surface area contributed by atoms with Gasteiger partial charge in [-0.2, -0.15) is 0 Å². The highest BCUT2D eigenvalue weighted by molar-refractivity contribution is 6.74. The van der Waals surface area contributed by atoms with Gasteiger partial charge < -0.3 is 23.0 Å². The first-order chi connectivity index (χ1) is 8.59. The normalized spacial score (nSPS) is 12.1. The number of carbonyl (C=O) groups excluding carboxylic acids is 1. The fourth-order valence-electron chi connectivity index (χ4n) is 1.50. The first-order valence-electron chi connectivity index (χ1n) is 5.84. The van der Waals surface area contributed by atoms with E-state index in [1.165, 1.54) is 18.2 Å². The van der Waals surface area contributed by atoms with Gasteiger partial charge in [-0.25, -0.2) is 4.79 Å². The van der Waals surface area contributed by atoms with E-state index >= 15 is 0 Å². The largest absolute Gasteiger partial charge is 0.509 e. The number of alkyl carbamates (subject to hydrolysis) is 1. The quantitative estimate of drug-likeness (QED) is 0.861. The number of hydrogen-bond donors (Lipinski definition) is 1. The summed E-state index contributed by atoms with van der Waals surface area (Å²) < 4.78 is 43.2. The summed E-state index contributed by atoms with van der Waals surface area (Å²) in [7, 11) is 0. The number of ether oxygens (including phenoxy) is 1. The van der Waals surface area contributed by atoms with Crippen LogP contribution in [-0.4, -0.2) is 18.7 Å². The standard InChI is InChI=1S/C12H16BF3NO2/c1-12(2,3)19-11(18)17-8-9-6-4-5-7-10(9)13(14,15)16/h4-7H,8H2,1-3H3,(H,17,18)/q-1. The van der Waals surface area contributed by atoms with Crippen molar-refractivity contribution in [1.29, 1.82) is 0 Å². The third kappa shape index (κ3) is 5.24. The molecule has 0 aliphatic carbocycles. The molecule has 0 aromatic heterocycles. The highest BCUT2D eigenvalue weighted by Gasteiger charge is 2.28. The Labute approximate surface area is 110 Å². The highest BCUT2D eigenvalue weighted by Crippen LogP contribution is 2.12. The summed E-state index contributed by atoms with van der Waals surface area (Å²) in [6.45, 7) is -0.267. The molecule has 1 rings (SSSR count). The maximum atomic E-state index is 12.8. The Morgan fingerprint density at radius 1 is 1.26 bits per heavy atom. The highest BCUT2D eigenvalue weighted by atomic mass is 19.4. The molecule has 0 heterocycles. The number of carbonyl (C=O) groups is 1. The second kappa shape index (κ2) is 5.55. The summed E-state index contributed by atoms with van der Waals surface area (Å²) in [5.41, 5.74) is -1.35. The van der Waals surface area contributed by atoms with Crippen LogP contribution in [0.15, 0.2) is 24.3 Å². The molecule has 0 saturated heterocycles. The summed E-state index contributed by atoms with van der Waals surface area (Å²) in [6.07, 6.45) is -0.739. The van der Waals surface area contributed by atoms with Gasteiger partial charge in [-0.3, -0.25) is 0 Å². The molecule has 19 heavy (non-hydrogen) atoms. The van der Waals surface area contributed by atoms with Crippen LogP contribution in [0.4, 0.5) is 17.7 Å². The molecule has 0 aliphatic rings. The van der Waals surface area contributed by atoms with Crippen molar-refractivity contribution >= 4 is 18.5 Å². The number of rotatable bonds is 3. The third-order valence-electron chi connectivity index (χ3n) is 2.23. The first-order valence-corrected chi connectivity index (χ1v) is 5.84. The smallest absolute Gasteiger partial charge is 0.445 e. The minimum Gasteiger partial charge on any atom is -0.445 e. The molecule has 0 atom stereocenters. The zero-order valence-corrected chi connectivity index (χ0v) is 11.0. The number of hydrogen-bond acceptors (Lipinski definition) is 2. The molecule has 0 radical (unpaired) electrons. The van der Waals surface area contributed by atoms with Gasteiger partial charge >= 0.3 is 13.1 Å². The second-order valence-electron chi connectivity index (χ2n) is 5.13. The van der Waals surface area contributed by atoms with Crippen molar-refractivity contribution in [2.75, 3.05) is 0 Å². The summed E-state index contributed by atoms with van der Waals surface area (Å²) in [6, 6.07) is 5.16. The fraction of sp³-hybridized carbons (Fsp3) is 0.417. The van der Waals surface area contributed by atoms with Gasteiger partial charge in [0.05, 0.1) is 0 Å². The minimum atomic E-state index is -5.09. The predicted molar refractivity (Wildman–Crippen MR) is 68.2 cm³/mol. The molecule has 0 saturated carbocycles. The van der Waals surface area contributed by atoms with Crippen LogP contribution in [0.1, 0.15) is 26.3 Å². The summed E-state index contributed by atoms with van der Waals surface area (Å²) in [4.78, 5) is 11.4. The van der Waals surface area contributed by atoms with Crippen LogP contribution in [0.5, 0.6) is 0 Å². The Hall–Kier alpha value is -1.66. The molecule has 0 bridgehead atoms. The van der Waals surface area contributed by atoms with Crippen molar-refractivity contribution in [3.63, 3.8) is 0 Å².